The molecule has 0 saturated heterocycles. The number of rotatable bonds is 2. The molecule has 28 heavy (non-hydrogen) atoms. The van der Waals surface area contributed by atoms with Gasteiger partial charge in [0.05, 0.1) is 6.07 Å². The summed E-state index contributed by atoms with van der Waals surface area (Å²) < 4.78 is 81.1. The minimum Gasteiger partial charge on any atom is -0.326 e. The Morgan fingerprint density at radius 1 is 1.18 bits per heavy atom. The first-order valence-corrected chi connectivity index (χ1v) is 7.75. The lowest BCUT2D eigenvalue weighted by atomic mass is 9.70. The summed E-state index contributed by atoms with van der Waals surface area (Å²) in [4.78, 5) is 11.9. The minimum atomic E-state index is -5.83. The quantitative estimate of drug-likeness (QED) is 0.708. The molecule has 1 unspecified atom stereocenters. The van der Waals surface area contributed by atoms with Gasteiger partial charge in [0.2, 0.25) is 11.3 Å². The standard InChI is InChI=1S/C17H14F6N4O/c1-9-7-15(16(18,19)20,17(21,22)23)13(8-24)14(25)27(9)12-5-3-11(4-6-12)26-10(2)28/h3-7,13,25H,1-2H3,(H,26,28). The normalized spacial score (nSPS) is 19.7. The lowest BCUT2D eigenvalue weighted by molar-refractivity contribution is -0.327. The van der Waals surface area contributed by atoms with E-state index in [0.29, 0.717) is 5.69 Å². The van der Waals surface area contributed by atoms with Gasteiger partial charge in [0.15, 0.2) is 0 Å². The first-order valence-electron chi connectivity index (χ1n) is 7.75. The summed E-state index contributed by atoms with van der Waals surface area (Å²) in [5.41, 5.74) is -4.56. The molecule has 0 radical (unpaired) electrons. The van der Waals surface area contributed by atoms with E-state index in [4.69, 9.17) is 10.7 Å². The molecular formula is C17H14F6N4O. The van der Waals surface area contributed by atoms with E-state index in [1.807, 2.05) is 0 Å². The van der Waals surface area contributed by atoms with E-state index in [9.17, 15) is 31.1 Å². The lowest BCUT2D eigenvalue weighted by Gasteiger charge is -2.45. The SMILES string of the molecule is CC(=O)Nc1ccc(N2C(=N)C(C#N)C(C(F)(F)F)(C(F)(F)F)C=C2C)cc1. The van der Waals surface area contributed by atoms with Crippen molar-refractivity contribution in [1.29, 1.82) is 10.7 Å². The van der Waals surface area contributed by atoms with Crippen molar-refractivity contribution in [2.24, 2.45) is 11.3 Å². The summed E-state index contributed by atoms with van der Waals surface area (Å²) in [7, 11) is 0. The van der Waals surface area contributed by atoms with Crippen LogP contribution in [0.25, 0.3) is 0 Å². The Labute approximate surface area is 155 Å². The van der Waals surface area contributed by atoms with Gasteiger partial charge < -0.3 is 10.2 Å². The van der Waals surface area contributed by atoms with E-state index in [2.05, 4.69) is 5.32 Å². The summed E-state index contributed by atoms with van der Waals surface area (Å²) in [6, 6.07) is 6.36. The van der Waals surface area contributed by atoms with Gasteiger partial charge in [-0.15, -0.1) is 0 Å². The number of allylic oxidation sites excluding steroid dienone is 2. The fraction of sp³-hybridized carbons (Fsp3) is 0.353. The number of carbonyl (C=O) groups is 1. The molecule has 0 saturated carbocycles. The van der Waals surface area contributed by atoms with Crippen LogP contribution in [0.2, 0.25) is 0 Å². The van der Waals surface area contributed by atoms with E-state index in [0.717, 1.165) is 17.9 Å². The second-order valence-corrected chi connectivity index (χ2v) is 6.16. The fourth-order valence-electron chi connectivity index (χ4n) is 3.07. The summed E-state index contributed by atoms with van der Waals surface area (Å²) in [5.74, 6) is -4.35. The van der Waals surface area contributed by atoms with Crippen LogP contribution >= 0.6 is 0 Å². The van der Waals surface area contributed by atoms with Gasteiger partial charge in [-0.2, -0.15) is 31.6 Å². The zero-order chi connectivity index (χ0) is 21.5. The first kappa shape index (κ1) is 21.3. The highest BCUT2D eigenvalue weighted by molar-refractivity contribution is 6.03. The number of halogens is 6. The molecule has 1 atom stereocenters. The number of amides is 1. The number of hydrogen-bond acceptors (Lipinski definition) is 3. The Balaban J connectivity index is 2.62. The Morgan fingerprint density at radius 2 is 1.68 bits per heavy atom. The van der Waals surface area contributed by atoms with Crippen LogP contribution in [0.3, 0.4) is 0 Å². The van der Waals surface area contributed by atoms with Crippen LogP contribution in [0.1, 0.15) is 13.8 Å². The van der Waals surface area contributed by atoms with Crippen molar-refractivity contribution in [3.8, 4) is 6.07 Å². The molecule has 0 aliphatic carbocycles. The summed E-state index contributed by atoms with van der Waals surface area (Å²) >= 11 is 0. The van der Waals surface area contributed by atoms with E-state index < -0.39 is 35.2 Å². The van der Waals surface area contributed by atoms with Gasteiger partial charge in [-0.3, -0.25) is 10.2 Å². The van der Waals surface area contributed by atoms with Crippen LogP contribution in [0.4, 0.5) is 37.7 Å². The number of carbonyl (C=O) groups excluding carboxylic acids is 1. The van der Waals surface area contributed by atoms with Crippen LogP contribution in [0.5, 0.6) is 0 Å². The Kier molecular flexibility index (Phi) is 5.20. The van der Waals surface area contributed by atoms with Crippen LogP contribution in [0, 0.1) is 28.1 Å². The molecule has 1 heterocycles. The predicted octanol–water partition coefficient (Wildman–Crippen LogP) is 4.60. The molecule has 2 rings (SSSR count). The van der Waals surface area contributed by atoms with Gasteiger partial charge in [-0.25, -0.2) is 0 Å². The minimum absolute atomic E-state index is 0.0549. The van der Waals surface area contributed by atoms with Crippen molar-refractivity contribution in [2.45, 2.75) is 26.2 Å². The van der Waals surface area contributed by atoms with Gasteiger partial charge in [0.1, 0.15) is 11.8 Å². The summed E-state index contributed by atoms with van der Waals surface area (Å²) in [6.45, 7) is 2.25. The maximum absolute atomic E-state index is 13.5. The van der Waals surface area contributed by atoms with Crippen LogP contribution in [-0.4, -0.2) is 24.1 Å². The third-order valence-electron chi connectivity index (χ3n) is 4.27. The van der Waals surface area contributed by atoms with Crippen LogP contribution in [0.15, 0.2) is 36.0 Å². The fourth-order valence-corrected chi connectivity index (χ4v) is 3.07. The molecular weight excluding hydrogens is 390 g/mol. The van der Waals surface area contributed by atoms with Gasteiger partial charge in [0.25, 0.3) is 0 Å². The number of hydrogen-bond donors (Lipinski definition) is 2. The van der Waals surface area contributed by atoms with Crippen molar-refractivity contribution < 1.29 is 31.1 Å². The van der Waals surface area contributed by atoms with Crippen molar-refractivity contribution in [3.05, 3.63) is 36.0 Å². The summed E-state index contributed by atoms with van der Waals surface area (Å²) in [6.07, 6.45) is -11.7. The van der Waals surface area contributed by atoms with Crippen molar-refractivity contribution in [2.75, 3.05) is 10.2 Å². The van der Waals surface area contributed by atoms with E-state index >= 15 is 0 Å². The number of nitrogens with zero attached hydrogens (tertiary/aromatic N) is 2. The maximum atomic E-state index is 13.5. The molecule has 150 valence electrons. The van der Waals surface area contributed by atoms with Crippen LogP contribution < -0.4 is 10.2 Å². The molecule has 0 fully saturated rings. The number of anilines is 2. The topological polar surface area (TPSA) is 80.0 Å². The molecule has 1 amide bonds. The van der Waals surface area contributed by atoms with Gasteiger partial charge >= 0.3 is 12.4 Å². The second-order valence-electron chi connectivity index (χ2n) is 6.16. The number of amidine groups is 1. The van der Waals surface area contributed by atoms with Gasteiger partial charge in [0, 0.05) is 24.0 Å². The zero-order valence-corrected chi connectivity index (χ0v) is 14.5. The molecule has 0 spiro atoms. The maximum Gasteiger partial charge on any atom is 0.408 e. The molecule has 1 aliphatic heterocycles. The zero-order valence-electron chi connectivity index (χ0n) is 14.5. The third-order valence-corrected chi connectivity index (χ3v) is 4.27. The monoisotopic (exact) mass is 404 g/mol. The van der Waals surface area contributed by atoms with Crippen molar-refractivity contribution in [1.82, 2.24) is 0 Å². The van der Waals surface area contributed by atoms with E-state index in [1.165, 1.54) is 31.2 Å². The third kappa shape index (κ3) is 3.30. The average Bonchev–Trinajstić information content (AvgIpc) is 2.53. The largest absolute Gasteiger partial charge is 0.408 e. The van der Waals surface area contributed by atoms with Crippen molar-refractivity contribution in [3.63, 3.8) is 0 Å². The molecule has 0 bridgehead atoms. The molecule has 0 aromatic heterocycles. The molecule has 1 aromatic rings. The Hall–Kier alpha value is -3.03. The lowest BCUT2D eigenvalue weighted by Crippen LogP contribution is -2.60. The molecule has 2 N–H and O–H groups in total. The highest BCUT2D eigenvalue weighted by Crippen LogP contribution is 2.58. The highest BCUT2D eigenvalue weighted by Gasteiger charge is 2.75. The molecule has 11 heteroatoms. The van der Waals surface area contributed by atoms with Crippen molar-refractivity contribution >= 4 is 23.1 Å². The predicted molar refractivity (Wildman–Crippen MR) is 88.4 cm³/mol. The van der Waals surface area contributed by atoms with E-state index in [1.54, 1.807) is 0 Å². The van der Waals surface area contributed by atoms with E-state index in [-0.39, 0.29) is 17.7 Å². The number of nitrogens with one attached hydrogen (secondary N) is 2. The second kappa shape index (κ2) is 6.85. The van der Waals surface area contributed by atoms with Gasteiger partial charge in [-0.05, 0) is 37.3 Å². The number of alkyl halides is 6. The van der Waals surface area contributed by atoms with Crippen LogP contribution in [-0.2, 0) is 4.79 Å². The average molecular weight is 404 g/mol. The Bertz CT molecular complexity index is 850. The first-order chi connectivity index (χ1) is 12.8. The summed E-state index contributed by atoms with van der Waals surface area (Å²) in [5, 5.41) is 19.5. The molecule has 1 aliphatic rings. The Morgan fingerprint density at radius 3 is 2.07 bits per heavy atom. The smallest absolute Gasteiger partial charge is 0.326 e. The highest BCUT2D eigenvalue weighted by atomic mass is 19.4. The molecule has 1 aromatic carbocycles. The number of benzene rings is 1. The molecule has 5 nitrogen and oxygen atoms in total. The number of nitriles is 1. The van der Waals surface area contributed by atoms with Gasteiger partial charge in [-0.1, -0.05) is 0 Å².